The molecule has 146 valence electrons. The van der Waals surface area contributed by atoms with E-state index in [0.717, 1.165) is 49.9 Å². The number of hydrogen-bond donors (Lipinski definition) is 1. The van der Waals surface area contributed by atoms with Crippen LogP contribution in [0.1, 0.15) is 48.9 Å². The van der Waals surface area contributed by atoms with Gasteiger partial charge in [-0.05, 0) is 55.0 Å². The SMILES string of the molecule is CCCNC(=O)C1CCCc2c1c1cc(OC)ccc1n2Cc1ccccc1. The normalized spacial score (nSPS) is 16.0. The lowest BCUT2D eigenvalue weighted by Gasteiger charge is -2.24. The molecule has 1 atom stereocenters. The first-order valence-corrected chi connectivity index (χ1v) is 10.2. The lowest BCUT2D eigenvalue weighted by molar-refractivity contribution is -0.122. The van der Waals surface area contributed by atoms with Crippen molar-refractivity contribution in [3.05, 3.63) is 65.4 Å². The quantitative estimate of drug-likeness (QED) is 0.681. The Morgan fingerprint density at radius 3 is 2.79 bits per heavy atom. The summed E-state index contributed by atoms with van der Waals surface area (Å²) >= 11 is 0. The molecule has 0 radical (unpaired) electrons. The zero-order chi connectivity index (χ0) is 19.5. The number of ether oxygens (including phenoxy) is 1. The van der Waals surface area contributed by atoms with E-state index in [1.54, 1.807) is 7.11 Å². The number of aromatic nitrogens is 1. The Kier molecular flexibility index (Phi) is 5.38. The first-order valence-electron chi connectivity index (χ1n) is 10.2. The predicted molar refractivity (Wildman–Crippen MR) is 113 cm³/mol. The molecule has 3 aromatic rings. The van der Waals surface area contributed by atoms with E-state index in [4.69, 9.17) is 4.74 Å². The lowest BCUT2D eigenvalue weighted by Crippen LogP contribution is -2.32. The highest BCUT2D eigenvalue weighted by molar-refractivity contribution is 5.94. The summed E-state index contributed by atoms with van der Waals surface area (Å²) in [4.78, 5) is 12.9. The minimum Gasteiger partial charge on any atom is -0.497 e. The van der Waals surface area contributed by atoms with Gasteiger partial charge in [0.05, 0.1) is 13.0 Å². The molecule has 1 N–H and O–H groups in total. The van der Waals surface area contributed by atoms with Gasteiger partial charge in [-0.3, -0.25) is 4.79 Å². The van der Waals surface area contributed by atoms with Crippen molar-refractivity contribution in [2.45, 2.75) is 45.1 Å². The Hall–Kier alpha value is -2.75. The molecule has 1 aliphatic carbocycles. The van der Waals surface area contributed by atoms with Gasteiger partial charge >= 0.3 is 0 Å². The lowest BCUT2D eigenvalue weighted by atomic mass is 9.84. The molecule has 1 heterocycles. The summed E-state index contributed by atoms with van der Waals surface area (Å²) in [6.07, 6.45) is 3.91. The number of rotatable bonds is 6. The van der Waals surface area contributed by atoms with E-state index in [1.807, 2.05) is 12.1 Å². The van der Waals surface area contributed by atoms with Gasteiger partial charge in [0.25, 0.3) is 0 Å². The first-order chi connectivity index (χ1) is 13.7. The van der Waals surface area contributed by atoms with Crippen LogP contribution in [0.3, 0.4) is 0 Å². The Bertz CT molecular complexity index is 975. The molecule has 0 bridgehead atoms. The summed E-state index contributed by atoms with van der Waals surface area (Å²) in [6, 6.07) is 16.8. The van der Waals surface area contributed by atoms with Crippen LogP contribution in [0, 0.1) is 0 Å². The highest BCUT2D eigenvalue weighted by Gasteiger charge is 2.32. The van der Waals surface area contributed by atoms with E-state index in [0.29, 0.717) is 0 Å². The van der Waals surface area contributed by atoms with Crippen molar-refractivity contribution in [2.24, 2.45) is 0 Å². The van der Waals surface area contributed by atoms with Crippen LogP contribution in [0.4, 0.5) is 0 Å². The van der Waals surface area contributed by atoms with Crippen molar-refractivity contribution in [2.75, 3.05) is 13.7 Å². The first kappa shape index (κ1) is 18.6. The van der Waals surface area contributed by atoms with Crippen LogP contribution >= 0.6 is 0 Å². The number of methoxy groups -OCH3 is 1. The number of fused-ring (bicyclic) bond motifs is 3. The number of hydrogen-bond acceptors (Lipinski definition) is 2. The summed E-state index contributed by atoms with van der Waals surface area (Å²) in [5, 5.41) is 4.27. The van der Waals surface area contributed by atoms with Crippen LogP contribution in [0.2, 0.25) is 0 Å². The summed E-state index contributed by atoms with van der Waals surface area (Å²) in [5.74, 6) is 0.914. The van der Waals surface area contributed by atoms with Crippen LogP contribution in [-0.2, 0) is 17.8 Å². The van der Waals surface area contributed by atoms with Crippen LogP contribution in [-0.4, -0.2) is 24.1 Å². The third-order valence-corrected chi connectivity index (χ3v) is 5.73. The van der Waals surface area contributed by atoms with Crippen molar-refractivity contribution in [3.63, 3.8) is 0 Å². The Labute approximate surface area is 166 Å². The molecular weight excluding hydrogens is 348 g/mol. The summed E-state index contributed by atoms with van der Waals surface area (Å²) in [5.41, 5.74) is 4.96. The molecule has 1 unspecified atom stereocenters. The molecule has 0 saturated carbocycles. The average molecular weight is 377 g/mol. The van der Waals surface area contributed by atoms with E-state index >= 15 is 0 Å². The number of benzene rings is 2. The molecule has 2 aromatic carbocycles. The molecular formula is C24H28N2O2. The van der Waals surface area contributed by atoms with Gasteiger partial charge in [-0.25, -0.2) is 0 Å². The van der Waals surface area contributed by atoms with E-state index in [9.17, 15) is 4.79 Å². The number of nitrogens with zero attached hydrogens (tertiary/aromatic N) is 1. The monoisotopic (exact) mass is 376 g/mol. The van der Waals surface area contributed by atoms with E-state index in [-0.39, 0.29) is 11.8 Å². The van der Waals surface area contributed by atoms with Gasteiger partial charge in [0.1, 0.15) is 5.75 Å². The maximum atomic E-state index is 12.9. The standard InChI is InChI=1S/C24H28N2O2/c1-3-14-25-24(27)19-10-7-11-22-23(19)20-15-18(28-2)12-13-21(20)26(22)16-17-8-5-4-6-9-17/h4-6,8-9,12-13,15,19H,3,7,10-11,14,16H2,1-2H3,(H,25,27). The van der Waals surface area contributed by atoms with Crippen LogP contribution in [0.25, 0.3) is 10.9 Å². The van der Waals surface area contributed by atoms with Crippen molar-refractivity contribution < 1.29 is 9.53 Å². The number of carbonyl (C=O) groups excluding carboxylic acids is 1. The van der Waals surface area contributed by atoms with E-state index in [1.165, 1.54) is 22.3 Å². The summed E-state index contributed by atoms with van der Waals surface area (Å²) in [6.45, 7) is 3.64. The second-order valence-electron chi connectivity index (χ2n) is 7.55. The molecule has 28 heavy (non-hydrogen) atoms. The maximum Gasteiger partial charge on any atom is 0.227 e. The van der Waals surface area contributed by atoms with Gasteiger partial charge in [-0.1, -0.05) is 37.3 Å². The molecule has 0 saturated heterocycles. The fourth-order valence-electron chi connectivity index (χ4n) is 4.40. The maximum absolute atomic E-state index is 12.9. The second-order valence-corrected chi connectivity index (χ2v) is 7.55. The molecule has 1 amide bonds. The minimum absolute atomic E-state index is 0.0815. The third kappa shape index (κ3) is 3.39. The summed E-state index contributed by atoms with van der Waals surface area (Å²) in [7, 11) is 1.69. The zero-order valence-electron chi connectivity index (χ0n) is 16.7. The van der Waals surface area contributed by atoms with Crippen LogP contribution in [0.15, 0.2) is 48.5 Å². The largest absolute Gasteiger partial charge is 0.497 e. The van der Waals surface area contributed by atoms with Crippen molar-refractivity contribution in [1.29, 1.82) is 0 Å². The second kappa shape index (κ2) is 8.09. The van der Waals surface area contributed by atoms with E-state index < -0.39 is 0 Å². The van der Waals surface area contributed by atoms with Crippen molar-refractivity contribution in [3.8, 4) is 5.75 Å². The third-order valence-electron chi connectivity index (χ3n) is 5.73. The fourth-order valence-corrected chi connectivity index (χ4v) is 4.40. The molecule has 4 rings (SSSR count). The fraction of sp³-hybridized carbons (Fsp3) is 0.375. The zero-order valence-corrected chi connectivity index (χ0v) is 16.7. The molecule has 0 spiro atoms. The van der Waals surface area contributed by atoms with Crippen molar-refractivity contribution in [1.82, 2.24) is 9.88 Å². The Morgan fingerprint density at radius 2 is 2.04 bits per heavy atom. The number of amides is 1. The van der Waals surface area contributed by atoms with Crippen LogP contribution < -0.4 is 10.1 Å². The number of carbonyl (C=O) groups is 1. The average Bonchev–Trinajstić information content (AvgIpc) is 3.05. The highest BCUT2D eigenvalue weighted by atomic mass is 16.5. The van der Waals surface area contributed by atoms with E-state index in [2.05, 4.69) is 53.2 Å². The van der Waals surface area contributed by atoms with Crippen molar-refractivity contribution >= 4 is 16.8 Å². The topological polar surface area (TPSA) is 43.3 Å². The molecule has 1 aromatic heterocycles. The van der Waals surface area contributed by atoms with Crippen LogP contribution in [0.5, 0.6) is 5.75 Å². The molecule has 1 aliphatic rings. The van der Waals surface area contributed by atoms with Gasteiger partial charge in [0.15, 0.2) is 0 Å². The highest BCUT2D eigenvalue weighted by Crippen LogP contribution is 2.41. The molecule has 0 aliphatic heterocycles. The smallest absolute Gasteiger partial charge is 0.227 e. The molecule has 0 fully saturated rings. The Morgan fingerprint density at radius 1 is 1.21 bits per heavy atom. The predicted octanol–water partition coefficient (Wildman–Crippen LogP) is 4.64. The minimum atomic E-state index is -0.0815. The number of nitrogens with one attached hydrogen (secondary N) is 1. The Balaban J connectivity index is 1.85. The summed E-state index contributed by atoms with van der Waals surface area (Å²) < 4.78 is 7.89. The van der Waals surface area contributed by atoms with Gasteiger partial charge in [0.2, 0.25) is 5.91 Å². The van der Waals surface area contributed by atoms with Gasteiger partial charge < -0.3 is 14.6 Å². The molecule has 4 heteroatoms. The molecule has 4 nitrogen and oxygen atoms in total. The van der Waals surface area contributed by atoms with Gasteiger partial charge in [-0.15, -0.1) is 0 Å². The van der Waals surface area contributed by atoms with Gasteiger partial charge in [0, 0.05) is 29.7 Å². The van der Waals surface area contributed by atoms with Gasteiger partial charge in [-0.2, -0.15) is 0 Å².